The summed E-state index contributed by atoms with van der Waals surface area (Å²) in [6.07, 6.45) is 0. The molecule has 0 aromatic carbocycles. The fourth-order valence-corrected chi connectivity index (χ4v) is 2.89. The maximum absolute atomic E-state index is 11.9. The highest BCUT2D eigenvalue weighted by molar-refractivity contribution is 8.02. The van der Waals surface area contributed by atoms with Crippen LogP contribution in [-0.4, -0.2) is 26.0 Å². The molecule has 2 heterocycles. The molecular weight excluding hydrogens is 244 g/mol. The molecule has 7 heteroatoms. The van der Waals surface area contributed by atoms with E-state index >= 15 is 0 Å². The second kappa shape index (κ2) is 3.69. The first-order valence-electron chi connectivity index (χ1n) is 4.87. The van der Waals surface area contributed by atoms with Crippen molar-refractivity contribution in [3.8, 4) is 0 Å². The molecule has 1 atom stereocenters. The number of ketones is 2. The van der Waals surface area contributed by atoms with Gasteiger partial charge < -0.3 is 0 Å². The minimum absolute atomic E-state index is 0.0557. The summed E-state index contributed by atoms with van der Waals surface area (Å²) < 4.78 is 2.10. The van der Waals surface area contributed by atoms with Gasteiger partial charge in [-0.05, 0) is 6.92 Å². The second-order valence-corrected chi connectivity index (χ2v) is 4.95. The molecule has 0 amide bonds. The third-order valence-electron chi connectivity index (χ3n) is 2.69. The van der Waals surface area contributed by atoms with Crippen LogP contribution in [0.3, 0.4) is 0 Å². The van der Waals surface area contributed by atoms with E-state index in [0.29, 0.717) is 0 Å². The van der Waals surface area contributed by atoms with Gasteiger partial charge in [0.2, 0.25) is 0 Å². The molecule has 1 aliphatic rings. The van der Waals surface area contributed by atoms with Gasteiger partial charge in [0.1, 0.15) is 10.8 Å². The Hall–Kier alpha value is -1.63. The minimum atomic E-state index is -0.898. The maximum atomic E-state index is 11.9. The molecule has 1 aromatic heterocycles. The molecule has 90 valence electrons. The Balaban J connectivity index is 2.81. The van der Waals surface area contributed by atoms with Crippen molar-refractivity contribution in [2.24, 2.45) is 14.1 Å². The molecule has 0 saturated heterocycles. The summed E-state index contributed by atoms with van der Waals surface area (Å²) in [5, 5.41) is -0.617. The van der Waals surface area contributed by atoms with Gasteiger partial charge in [0, 0.05) is 14.1 Å². The van der Waals surface area contributed by atoms with Crippen LogP contribution in [0.25, 0.3) is 0 Å². The van der Waals surface area contributed by atoms with Crippen LogP contribution in [0.5, 0.6) is 0 Å². The van der Waals surface area contributed by atoms with Crippen molar-refractivity contribution >= 4 is 23.3 Å². The first kappa shape index (κ1) is 11.8. The van der Waals surface area contributed by atoms with Crippen LogP contribution in [0.2, 0.25) is 0 Å². The zero-order valence-corrected chi connectivity index (χ0v) is 10.3. The van der Waals surface area contributed by atoms with Gasteiger partial charge in [-0.1, -0.05) is 11.8 Å². The summed E-state index contributed by atoms with van der Waals surface area (Å²) in [4.78, 5) is 46.6. The summed E-state index contributed by atoms with van der Waals surface area (Å²) in [6.45, 7) is 1.30. The van der Waals surface area contributed by atoms with E-state index in [-0.39, 0.29) is 16.4 Å². The lowest BCUT2D eigenvalue weighted by Crippen LogP contribution is -2.40. The molecular formula is C10H10N2O4S. The van der Waals surface area contributed by atoms with Gasteiger partial charge in [-0.2, -0.15) is 0 Å². The van der Waals surface area contributed by atoms with Crippen molar-refractivity contribution in [1.82, 2.24) is 9.13 Å². The van der Waals surface area contributed by atoms with E-state index in [1.807, 2.05) is 0 Å². The van der Waals surface area contributed by atoms with Gasteiger partial charge in [-0.3, -0.25) is 23.5 Å². The van der Waals surface area contributed by atoms with E-state index < -0.39 is 22.3 Å². The predicted octanol–water partition coefficient (Wildman–Crippen LogP) is -0.670. The molecule has 0 radical (unpaired) electrons. The molecule has 0 spiro atoms. The Kier molecular flexibility index (Phi) is 2.57. The molecule has 1 aromatic rings. The summed E-state index contributed by atoms with van der Waals surface area (Å²) in [7, 11) is 2.79. The van der Waals surface area contributed by atoms with E-state index in [1.165, 1.54) is 25.6 Å². The number of carbonyl (C=O) groups excluding carboxylic acids is 2. The Labute approximate surface area is 100 Å². The topological polar surface area (TPSA) is 78.1 Å². The third kappa shape index (κ3) is 1.49. The van der Waals surface area contributed by atoms with Crippen LogP contribution >= 0.6 is 11.8 Å². The van der Waals surface area contributed by atoms with Crippen molar-refractivity contribution in [1.29, 1.82) is 0 Å². The molecule has 0 fully saturated rings. The van der Waals surface area contributed by atoms with Gasteiger partial charge in [-0.25, -0.2) is 4.79 Å². The van der Waals surface area contributed by atoms with Crippen LogP contribution in [0.4, 0.5) is 0 Å². The number of aromatic nitrogens is 2. The normalized spacial score (nSPS) is 18.3. The zero-order valence-electron chi connectivity index (χ0n) is 9.51. The highest BCUT2D eigenvalue weighted by Gasteiger charge is 2.39. The van der Waals surface area contributed by atoms with E-state index in [4.69, 9.17) is 0 Å². The average Bonchev–Trinajstić information content (AvgIpc) is 2.62. The number of Topliss-reactive ketones (excluding diaryl/α,β-unsaturated/α-hetero) is 2. The van der Waals surface area contributed by atoms with Crippen molar-refractivity contribution in [3.05, 3.63) is 26.4 Å². The first-order valence-corrected chi connectivity index (χ1v) is 5.75. The van der Waals surface area contributed by atoms with Gasteiger partial charge in [0.15, 0.2) is 11.6 Å². The summed E-state index contributed by atoms with van der Waals surface area (Å²) in [5.74, 6) is -0.820. The number of rotatable bonds is 1. The van der Waals surface area contributed by atoms with E-state index in [1.54, 1.807) is 0 Å². The third-order valence-corrected chi connectivity index (χ3v) is 4.18. The summed E-state index contributed by atoms with van der Waals surface area (Å²) in [6, 6.07) is 0. The van der Waals surface area contributed by atoms with Gasteiger partial charge in [0.25, 0.3) is 5.56 Å². The van der Waals surface area contributed by atoms with Crippen LogP contribution < -0.4 is 11.2 Å². The molecule has 1 unspecified atom stereocenters. The standard InChI is InChI=1S/C10H10N2O4S/c1-4(13)7-6(14)5-8(15)11(2)10(16)12(3)9(5)17-7/h7H,1-3H3. The quantitative estimate of drug-likeness (QED) is 0.490. The molecule has 0 saturated carbocycles. The lowest BCUT2D eigenvalue weighted by atomic mass is 10.1. The molecule has 2 rings (SSSR count). The Morgan fingerprint density at radius 1 is 1.18 bits per heavy atom. The molecule has 6 nitrogen and oxygen atoms in total. The Morgan fingerprint density at radius 3 is 2.29 bits per heavy atom. The number of carbonyl (C=O) groups is 2. The van der Waals surface area contributed by atoms with Crippen LogP contribution in [0, 0.1) is 0 Å². The van der Waals surface area contributed by atoms with E-state index in [2.05, 4.69) is 0 Å². The van der Waals surface area contributed by atoms with Crippen LogP contribution in [-0.2, 0) is 18.9 Å². The van der Waals surface area contributed by atoms with Gasteiger partial charge in [0.05, 0.1) is 5.03 Å². The van der Waals surface area contributed by atoms with Crippen molar-refractivity contribution in [2.45, 2.75) is 17.2 Å². The first-order chi connectivity index (χ1) is 7.86. The molecule has 0 N–H and O–H groups in total. The Morgan fingerprint density at radius 2 is 1.76 bits per heavy atom. The smallest absolute Gasteiger partial charge is 0.298 e. The van der Waals surface area contributed by atoms with Crippen molar-refractivity contribution < 1.29 is 9.59 Å². The predicted molar refractivity (Wildman–Crippen MR) is 61.6 cm³/mol. The van der Waals surface area contributed by atoms with Gasteiger partial charge in [-0.15, -0.1) is 0 Å². The second-order valence-electron chi connectivity index (χ2n) is 3.86. The minimum Gasteiger partial charge on any atom is -0.298 e. The number of nitrogens with zero attached hydrogens (tertiary/aromatic N) is 2. The van der Waals surface area contributed by atoms with Crippen LogP contribution in [0.1, 0.15) is 17.3 Å². The lowest BCUT2D eigenvalue weighted by molar-refractivity contribution is -0.115. The number of fused-ring (bicyclic) bond motifs is 1. The van der Waals surface area contributed by atoms with E-state index in [9.17, 15) is 19.2 Å². The monoisotopic (exact) mass is 254 g/mol. The number of thioether (sulfide) groups is 1. The van der Waals surface area contributed by atoms with Gasteiger partial charge >= 0.3 is 5.69 Å². The molecule has 17 heavy (non-hydrogen) atoms. The number of hydrogen-bond donors (Lipinski definition) is 0. The largest absolute Gasteiger partial charge is 0.331 e. The lowest BCUT2D eigenvalue weighted by Gasteiger charge is -2.06. The van der Waals surface area contributed by atoms with E-state index in [0.717, 1.165) is 16.3 Å². The van der Waals surface area contributed by atoms with Crippen molar-refractivity contribution in [2.75, 3.05) is 0 Å². The highest BCUT2D eigenvalue weighted by Crippen LogP contribution is 2.34. The molecule has 0 bridgehead atoms. The van der Waals surface area contributed by atoms with Crippen LogP contribution in [0.15, 0.2) is 14.6 Å². The molecule has 0 aliphatic carbocycles. The number of hydrogen-bond acceptors (Lipinski definition) is 5. The fourth-order valence-electron chi connectivity index (χ4n) is 1.74. The fraction of sp³-hybridized carbons (Fsp3) is 0.400. The average molecular weight is 254 g/mol. The maximum Gasteiger partial charge on any atom is 0.331 e. The zero-order chi connectivity index (χ0) is 12.9. The summed E-state index contributed by atoms with van der Waals surface area (Å²) >= 11 is 0.967. The SMILES string of the molecule is CC(=O)C1Sc2c(c(=O)n(C)c(=O)n2C)C1=O. The molecule has 1 aliphatic heterocycles. The Bertz CT molecular complexity index is 655. The highest BCUT2D eigenvalue weighted by atomic mass is 32.2. The summed E-state index contributed by atoms with van der Waals surface area (Å²) in [5.41, 5.74) is -1.19. The van der Waals surface area contributed by atoms with Crippen molar-refractivity contribution in [3.63, 3.8) is 0 Å².